The lowest BCUT2D eigenvalue weighted by Crippen LogP contribution is -3.12. The molecule has 1 saturated heterocycles. The lowest BCUT2D eigenvalue weighted by atomic mass is 10.0. The topological polar surface area (TPSA) is 79.7 Å². The van der Waals surface area contributed by atoms with E-state index in [2.05, 4.69) is 34.3 Å². The molecule has 3 N–H and O–H groups in total. The van der Waals surface area contributed by atoms with Crippen molar-refractivity contribution in [2.24, 2.45) is 0 Å². The summed E-state index contributed by atoms with van der Waals surface area (Å²) in [6, 6.07) is 22.6. The van der Waals surface area contributed by atoms with Crippen molar-refractivity contribution in [3.8, 4) is 0 Å². The van der Waals surface area contributed by atoms with E-state index >= 15 is 0 Å². The van der Waals surface area contributed by atoms with Crippen molar-refractivity contribution < 1.29 is 18.1 Å². The quantitative estimate of drug-likeness (QED) is 0.488. The zero-order valence-electron chi connectivity index (χ0n) is 19.7. The van der Waals surface area contributed by atoms with Crippen molar-refractivity contribution in [1.29, 1.82) is 0 Å². The van der Waals surface area contributed by atoms with Crippen LogP contribution in [0.3, 0.4) is 0 Å². The highest BCUT2D eigenvalue weighted by atomic mass is 32.2. The number of nitrogens with one attached hydrogen (secondary N) is 3. The molecule has 0 spiro atoms. The molecule has 0 saturated carbocycles. The summed E-state index contributed by atoms with van der Waals surface area (Å²) in [5, 5.41) is 3.12. The number of hydrogen-bond donors (Lipinski definition) is 3. The summed E-state index contributed by atoms with van der Waals surface area (Å²) < 4.78 is 28.8. The first-order valence-electron chi connectivity index (χ1n) is 11.7. The Kier molecular flexibility index (Phi) is 7.34. The summed E-state index contributed by atoms with van der Waals surface area (Å²) in [6.07, 6.45) is 1.79. The highest BCUT2D eigenvalue weighted by Crippen LogP contribution is 2.23. The normalized spacial score (nSPS) is 18.3. The van der Waals surface area contributed by atoms with Crippen LogP contribution in [-0.4, -0.2) is 33.5 Å². The average Bonchev–Trinajstić information content (AvgIpc) is 2.82. The Morgan fingerprint density at radius 1 is 0.941 bits per heavy atom. The second-order valence-electron chi connectivity index (χ2n) is 9.08. The SMILES string of the molecule is Cc1ccc(C)c(S(=O)(=O)Nc2ccccc2C(=O)NC2CC[NH+](Cc3ccccc3)CC2)c1. The van der Waals surface area contributed by atoms with Crippen molar-refractivity contribution >= 4 is 21.6 Å². The molecule has 34 heavy (non-hydrogen) atoms. The third kappa shape index (κ3) is 5.85. The summed E-state index contributed by atoms with van der Waals surface area (Å²) in [4.78, 5) is 14.8. The van der Waals surface area contributed by atoms with E-state index in [1.807, 2.05) is 19.1 Å². The smallest absolute Gasteiger partial charge is 0.262 e. The van der Waals surface area contributed by atoms with Crippen LogP contribution in [0.25, 0.3) is 0 Å². The summed E-state index contributed by atoms with van der Waals surface area (Å²) in [5.41, 5.74) is 3.45. The third-order valence-corrected chi connectivity index (χ3v) is 7.88. The lowest BCUT2D eigenvalue weighted by Gasteiger charge is -2.30. The highest BCUT2D eigenvalue weighted by Gasteiger charge is 2.26. The molecule has 3 aromatic rings. The molecule has 3 aromatic carbocycles. The van der Waals surface area contributed by atoms with Crippen LogP contribution in [0.1, 0.15) is 39.9 Å². The molecule has 1 fully saturated rings. The van der Waals surface area contributed by atoms with Gasteiger partial charge < -0.3 is 10.2 Å². The maximum absolute atomic E-state index is 13.1. The van der Waals surface area contributed by atoms with Gasteiger partial charge in [0.1, 0.15) is 6.54 Å². The molecule has 1 heterocycles. The van der Waals surface area contributed by atoms with Crippen LogP contribution in [0, 0.1) is 13.8 Å². The molecular formula is C27H32N3O3S+. The van der Waals surface area contributed by atoms with Gasteiger partial charge in [-0.2, -0.15) is 0 Å². The van der Waals surface area contributed by atoms with Crippen LogP contribution >= 0.6 is 0 Å². The molecule has 0 aliphatic carbocycles. The molecule has 6 nitrogen and oxygen atoms in total. The number of likely N-dealkylation sites (tertiary alicyclic amines) is 1. The zero-order valence-corrected chi connectivity index (χ0v) is 20.5. The minimum atomic E-state index is -3.83. The lowest BCUT2D eigenvalue weighted by molar-refractivity contribution is -0.918. The second kappa shape index (κ2) is 10.4. The van der Waals surface area contributed by atoms with E-state index in [-0.39, 0.29) is 22.5 Å². The van der Waals surface area contributed by atoms with Gasteiger partial charge in [-0.15, -0.1) is 0 Å². The number of piperidine rings is 1. The monoisotopic (exact) mass is 478 g/mol. The summed E-state index contributed by atoms with van der Waals surface area (Å²) in [7, 11) is -3.83. The van der Waals surface area contributed by atoms with Crippen LogP contribution in [0.4, 0.5) is 5.69 Å². The maximum Gasteiger partial charge on any atom is 0.262 e. The molecule has 1 amide bonds. The molecule has 0 radical (unpaired) electrons. The minimum absolute atomic E-state index is 0.0794. The molecule has 4 rings (SSSR count). The van der Waals surface area contributed by atoms with Gasteiger partial charge in [0.25, 0.3) is 15.9 Å². The number of hydrogen-bond acceptors (Lipinski definition) is 3. The largest absolute Gasteiger partial charge is 0.349 e. The minimum Gasteiger partial charge on any atom is -0.349 e. The highest BCUT2D eigenvalue weighted by molar-refractivity contribution is 7.92. The van der Waals surface area contributed by atoms with Gasteiger partial charge in [0.2, 0.25) is 0 Å². The maximum atomic E-state index is 13.1. The number of para-hydroxylation sites is 1. The number of carbonyl (C=O) groups is 1. The Bertz CT molecular complexity index is 1250. The molecule has 7 heteroatoms. The van der Waals surface area contributed by atoms with E-state index < -0.39 is 10.0 Å². The van der Waals surface area contributed by atoms with E-state index in [4.69, 9.17) is 0 Å². The van der Waals surface area contributed by atoms with Gasteiger partial charge in [0, 0.05) is 24.4 Å². The number of quaternary nitrogens is 1. The Morgan fingerprint density at radius 3 is 2.35 bits per heavy atom. The van der Waals surface area contributed by atoms with Gasteiger partial charge in [-0.05, 0) is 43.2 Å². The van der Waals surface area contributed by atoms with Gasteiger partial charge >= 0.3 is 0 Å². The fraction of sp³-hybridized carbons (Fsp3) is 0.296. The van der Waals surface area contributed by atoms with Crippen molar-refractivity contribution in [3.63, 3.8) is 0 Å². The average molecular weight is 479 g/mol. The van der Waals surface area contributed by atoms with Gasteiger partial charge in [-0.3, -0.25) is 9.52 Å². The number of rotatable bonds is 7. The Hall–Kier alpha value is -3.16. The van der Waals surface area contributed by atoms with Gasteiger partial charge in [0.15, 0.2) is 0 Å². The predicted octanol–water partition coefficient (Wildman–Crippen LogP) is 3.08. The van der Waals surface area contributed by atoms with Crippen LogP contribution in [0.5, 0.6) is 0 Å². The first-order chi connectivity index (χ1) is 16.3. The van der Waals surface area contributed by atoms with Crippen LogP contribution < -0.4 is 14.9 Å². The van der Waals surface area contributed by atoms with E-state index in [0.717, 1.165) is 38.0 Å². The molecule has 0 bridgehead atoms. The number of anilines is 1. The zero-order chi connectivity index (χ0) is 24.1. The number of sulfonamides is 1. The van der Waals surface area contributed by atoms with E-state index in [9.17, 15) is 13.2 Å². The van der Waals surface area contributed by atoms with Gasteiger partial charge in [-0.25, -0.2) is 8.42 Å². The molecule has 178 valence electrons. The molecule has 0 atom stereocenters. The standard InChI is InChI=1S/C27H31N3O3S/c1-20-12-13-21(2)26(18-20)34(32,33)29-25-11-7-6-10-24(25)27(31)28-23-14-16-30(17-15-23)19-22-8-4-3-5-9-22/h3-13,18,23,29H,14-17,19H2,1-2H3,(H,28,31)/p+1. The van der Waals surface area contributed by atoms with Crippen LogP contribution in [-0.2, 0) is 16.6 Å². The Morgan fingerprint density at radius 2 is 1.62 bits per heavy atom. The number of amides is 1. The fourth-order valence-corrected chi connectivity index (χ4v) is 5.87. The molecule has 0 aromatic heterocycles. The summed E-state index contributed by atoms with van der Waals surface area (Å²) in [6.45, 7) is 6.58. The van der Waals surface area contributed by atoms with E-state index in [0.29, 0.717) is 11.1 Å². The van der Waals surface area contributed by atoms with Crippen molar-refractivity contribution in [3.05, 3.63) is 95.1 Å². The first-order valence-corrected chi connectivity index (χ1v) is 13.2. The Balaban J connectivity index is 1.41. The number of carbonyl (C=O) groups excluding carboxylic acids is 1. The molecule has 0 unspecified atom stereocenters. The number of benzene rings is 3. The first kappa shape index (κ1) is 24.0. The van der Waals surface area contributed by atoms with E-state index in [1.165, 1.54) is 10.5 Å². The molecule has 1 aliphatic rings. The number of aryl methyl sites for hydroxylation is 2. The molecule has 1 aliphatic heterocycles. The second-order valence-corrected chi connectivity index (χ2v) is 10.7. The fourth-order valence-electron chi connectivity index (χ4n) is 4.46. The van der Waals surface area contributed by atoms with Crippen molar-refractivity contribution in [1.82, 2.24) is 5.32 Å². The van der Waals surface area contributed by atoms with Gasteiger partial charge in [0.05, 0.1) is 29.2 Å². The summed E-state index contributed by atoms with van der Waals surface area (Å²) >= 11 is 0. The van der Waals surface area contributed by atoms with Crippen LogP contribution in [0.2, 0.25) is 0 Å². The van der Waals surface area contributed by atoms with Crippen LogP contribution in [0.15, 0.2) is 77.7 Å². The third-order valence-electron chi connectivity index (χ3n) is 6.37. The Labute approximate surface area is 202 Å². The van der Waals surface area contributed by atoms with E-state index in [1.54, 1.807) is 43.3 Å². The van der Waals surface area contributed by atoms with Crippen molar-refractivity contribution in [2.45, 2.75) is 44.2 Å². The van der Waals surface area contributed by atoms with Gasteiger partial charge in [-0.1, -0.05) is 54.6 Å². The van der Waals surface area contributed by atoms with Crippen molar-refractivity contribution in [2.75, 3.05) is 17.8 Å². The predicted molar refractivity (Wildman–Crippen MR) is 134 cm³/mol. The summed E-state index contributed by atoms with van der Waals surface area (Å²) in [5.74, 6) is -0.254. The molecular weight excluding hydrogens is 446 g/mol.